The van der Waals surface area contributed by atoms with Gasteiger partial charge in [-0.2, -0.15) is 0 Å². The number of imide groups is 1. The average molecular weight is 580 g/mol. The number of amides is 3. The van der Waals surface area contributed by atoms with Gasteiger partial charge in [-0.05, 0) is 82.2 Å². The number of benzene rings is 2. The number of nitrogens with zero attached hydrogens (tertiary/aromatic N) is 3. The van der Waals surface area contributed by atoms with E-state index < -0.39 is 5.60 Å². The first-order chi connectivity index (χ1) is 19.6. The highest BCUT2D eigenvalue weighted by Crippen LogP contribution is 2.39. The molecule has 0 radical (unpaired) electrons. The maximum atomic E-state index is 13.7. The lowest BCUT2D eigenvalue weighted by atomic mass is 9.83. The van der Waals surface area contributed by atoms with Gasteiger partial charge in [0.25, 0.3) is 11.8 Å². The molecule has 2 aromatic carbocycles. The monoisotopic (exact) mass is 579 g/mol. The van der Waals surface area contributed by atoms with E-state index in [2.05, 4.69) is 4.90 Å². The van der Waals surface area contributed by atoms with E-state index in [0.29, 0.717) is 87.5 Å². The van der Waals surface area contributed by atoms with Crippen molar-refractivity contribution in [2.45, 2.75) is 69.6 Å². The standard InChI is InChI=1S/C32H38ClN3O5/c1-31(2)20-24(12-19-41-31)36-29(38)25-4-3-5-26(27(25)30(36)39)34-15-10-21(11-16-34)28(37)35-17-13-32(40,14-18-35)22-6-8-23(33)9-7-22/h3-9,21,24,40H,10-20H2,1-2H3. The van der Waals surface area contributed by atoms with Gasteiger partial charge >= 0.3 is 0 Å². The molecule has 218 valence electrons. The molecule has 3 saturated heterocycles. The van der Waals surface area contributed by atoms with Crippen LogP contribution in [0.4, 0.5) is 5.69 Å². The molecule has 0 aliphatic carbocycles. The Bertz CT molecular complexity index is 1340. The van der Waals surface area contributed by atoms with E-state index in [0.717, 1.165) is 11.3 Å². The third kappa shape index (κ3) is 5.26. The van der Waals surface area contributed by atoms with Crippen LogP contribution in [0.15, 0.2) is 42.5 Å². The summed E-state index contributed by atoms with van der Waals surface area (Å²) in [6.45, 7) is 6.83. The number of ether oxygens (including phenoxy) is 1. The second-order valence-corrected chi connectivity index (χ2v) is 13.0. The number of carbonyl (C=O) groups excluding carboxylic acids is 3. The van der Waals surface area contributed by atoms with Crippen LogP contribution in [0.25, 0.3) is 0 Å². The summed E-state index contributed by atoms with van der Waals surface area (Å²) in [5, 5.41) is 11.8. The molecule has 0 aromatic heterocycles. The van der Waals surface area contributed by atoms with Crippen molar-refractivity contribution in [3.05, 3.63) is 64.2 Å². The summed E-state index contributed by atoms with van der Waals surface area (Å²) in [6.07, 6.45) is 3.61. The summed E-state index contributed by atoms with van der Waals surface area (Å²) in [4.78, 5) is 46.0. The molecule has 6 rings (SSSR count). The SMILES string of the molecule is CC1(C)CC(N2C(=O)c3cccc(N4CCC(C(=O)N5CCC(O)(c6ccc(Cl)cc6)CC5)CC4)c3C2=O)CCO1. The Morgan fingerprint density at radius 1 is 0.951 bits per heavy atom. The van der Waals surface area contributed by atoms with Crippen LogP contribution in [0.1, 0.15) is 78.7 Å². The van der Waals surface area contributed by atoms with E-state index in [1.807, 2.05) is 43.0 Å². The zero-order valence-electron chi connectivity index (χ0n) is 23.8. The Morgan fingerprint density at radius 2 is 1.63 bits per heavy atom. The molecule has 3 fully saturated rings. The minimum Gasteiger partial charge on any atom is -0.385 e. The lowest BCUT2D eigenvalue weighted by molar-refractivity contribution is -0.140. The number of piperidine rings is 2. The van der Waals surface area contributed by atoms with Crippen LogP contribution in [-0.4, -0.2) is 77.1 Å². The molecular formula is C32H38ClN3O5. The van der Waals surface area contributed by atoms with Gasteiger partial charge in [-0.3, -0.25) is 19.3 Å². The number of rotatable bonds is 4. The third-order valence-electron chi connectivity index (χ3n) is 9.43. The molecular weight excluding hydrogens is 542 g/mol. The van der Waals surface area contributed by atoms with Crippen molar-refractivity contribution in [1.82, 2.24) is 9.80 Å². The summed E-state index contributed by atoms with van der Waals surface area (Å²) < 4.78 is 5.82. The number of likely N-dealkylation sites (tertiary alicyclic amines) is 1. The summed E-state index contributed by atoms with van der Waals surface area (Å²) in [6, 6.07) is 12.6. The Morgan fingerprint density at radius 3 is 2.29 bits per heavy atom. The highest BCUT2D eigenvalue weighted by Gasteiger charge is 2.45. The molecule has 2 aromatic rings. The summed E-state index contributed by atoms with van der Waals surface area (Å²) >= 11 is 6.01. The molecule has 8 nitrogen and oxygen atoms in total. The smallest absolute Gasteiger partial charge is 0.263 e. The van der Waals surface area contributed by atoms with Crippen LogP contribution in [0.2, 0.25) is 5.02 Å². The third-order valence-corrected chi connectivity index (χ3v) is 9.68. The second-order valence-electron chi connectivity index (χ2n) is 12.6. The van der Waals surface area contributed by atoms with Crippen molar-refractivity contribution in [1.29, 1.82) is 0 Å². The van der Waals surface area contributed by atoms with Crippen molar-refractivity contribution in [3.8, 4) is 0 Å². The fraction of sp³-hybridized carbons (Fsp3) is 0.531. The average Bonchev–Trinajstić information content (AvgIpc) is 3.22. The molecule has 0 spiro atoms. The van der Waals surface area contributed by atoms with Crippen molar-refractivity contribution >= 4 is 35.0 Å². The maximum absolute atomic E-state index is 13.7. The first kappa shape index (κ1) is 28.2. The predicted molar refractivity (Wildman–Crippen MR) is 156 cm³/mol. The number of hydrogen-bond donors (Lipinski definition) is 1. The Kier molecular flexibility index (Phi) is 7.37. The van der Waals surface area contributed by atoms with Crippen molar-refractivity contribution < 1.29 is 24.2 Å². The van der Waals surface area contributed by atoms with Crippen molar-refractivity contribution in [2.75, 3.05) is 37.7 Å². The van der Waals surface area contributed by atoms with E-state index in [9.17, 15) is 19.5 Å². The van der Waals surface area contributed by atoms with Crippen LogP contribution in [0, 0.1) is 5.92 Å². The van der Waals surface area contributed by atoms with Gasteiger partial charge in [-0.1, -0.05) is 29.8 Å². The number of aliphatic hydroxyl groups is 1. The summed E-state index contributed by atoms with van der Waals surface area (Å²) in [7, 11) is 0. The van der Waals surface area contributed by atoms with E-state index in [1.54, 1.807) is 18.2 Å². The molecule has 3 amide bonds. The highest BCUT2D eigenvalue weighted by atomic mass is 35.5. The molecule has 1 N–H and O–H groups in total. The van der Waals surface area contributed by atoms with Crippen LogP contribution >= 0.6 is 11.6 Å². The number of halogens is 1. The van der Waals surface area contributed by atoms with Crippen LogP contribution in [0.3, 0.4) is 0 Å². The molecule has 0 saturated carbocycles. The topological polar surface area (TPSA) is 90.4 Å². The number of carbonyl (C=O) groups is 3. The van der Waals surface area contributed by atoms with Crippen molar-refractivity contribution in [2.24, 2.45) is 5.92 Å². The zero-order chi connectivity index (χ0) is 28.9. The van der Waals surface area contributed by atoms with Gasteiger partial charge in [0.15, 0.2) is 0 Å². The quantitative estimate of drug-likeness (QED) is 0.532. The first-order valence-electron chi connectivity index (χ1n) is 14.7. The molecule has 4 heterocycles. The van der Waals surface area contributed by atoms with E-state index in [1.165, 1.54) is 4.90 Å². The molecule has 4 aliphatic rings. The fourth-order valence-electron chi connectivity index (χ4n) is 7.07. The van der Waals surface area contributed by atoms with Crippen LogP contribution in [-0.2, 0) is 15.1 Å². The van der Waals surface area contributed by atoms with Crippen LogP contribution in [0.5, 0.6) is 0 Å². The fourth-order valence-corrected chi connectivity index (χ4v) is 7.20. The number of anilines is 1. The minimum absolute atomic E-state index is 0.0944. The predicted octanol–water partition coefficient (Wildman–Crippen LogP) is 4.62. The molecule has 1 atom stereocenters. The van der Waals surface area contributed by atoms with Gasteiger partial charge in [-0.15, -0.1) is 0 Å². The zero-order valence-corrected chi connectivity index (χ0v) is 24.5. The molecule has 41 heavy (non-hydrogen) atoms. The largest absolute Gasteiger partial charge is 0.385 e. The Balaban J connectivity index is 1.09. The Hall–Kier alpha value is -2.94. The second kappa shape index (κ2) is 10.7. The van der Waals surface area contributed by atoms with Gasteiger partial charge in [-0.25, -0.2) is 0 Å². The van der Waals surface area contributed by atoms with Gasteiger partial charge in [0.05, 0.1) is 28.0 Å². The molecule has 4 aliphatic heterocycles. The Labute approximate surface area is 246 Å². The van der Waals surface area contributed by atoms with Crippen LogP contribution < -0.4 is 4.90 Å². The normalized spacial score (nSPS) is 24.5. The van der Waals surface area contributed by atoms with E-state index in [-0.39, 0.29) is 35.3 Å². The van der Waals surface area contributed by atoms with Gasteiger partial charge < -0.3 is 19.6 Å². The van der Waals surface area contributed by atoms with Gasteiger partial charge in [0, 0.05) is 49.8 Å². The molecule has 0 bridgehead atoms. The molecule has 9 heteroatoms. The summed E-state index contributed by atoms with van der Waals surface area (Å²) in [5.41, 5.74) is 1.26. The van der Waals surface area contributed by atoms with Gasteiger partial charge in [0.2, 0.25) is 5.91 Å². The minimum atomic E-state index is -0.948. The van der Waals surface area contributed by atoms with E-state index >= 15 is 0 Å². The summed E-state index contributed by atoms with van der Waals surface area (Å²) in [5.74, 6) is -0.394. The molecule has 1 unspecified atom stereocenters. The number of fused-ring (bicyclic) bond motifs is 1. The van der Waals surface area contributed by atoms with Crippen molar-refractivity contribution in [3.63, 3.8) is 0 Å². The number of hydrogen-bond acceptors (Lipinski definition) is 6. The lowest BCUT2D eigenvalue weighted by Gasteiger charge is -2.41. The van der Waals surface area contributed by atoms with E-state index in [4.69, 9.17) is 16.3 Å². The maximum Gasteiger partial charge on any atom is 0.263 e. The first-order valence-corrected chi connectivity index (χ1v) is 15.1. The lowest BCUT2D eigenvalue weighted by Crippen LogP contribution is -2.49. The highest BCUT2D eigenvalue weighted by molar-refractivity contribution is 6.30. The van der Waals surface area contributed by atoms with Gasteiger partial charge in [0.1, 0.15) is 0 Å².